The highest BCUT2D eigenvalue weighted by Crippen LogP contribution is 2.24. The Hall–Kier alpha value is -3.46. The normalized spacial score (nSPS) is 10.1. The second kappa shape index (κ2) is 5.50. The van der Waals surface area contributed by atoms with E-state index < -0.39 is 5.91 Å². The number of nitrogens with one attached hydrogen (secondary N) is 1. The molecule has 6 heteroatoms. The van der Waals surface area contributed by atoms with E-state index in [0.29, 0.717) is 28.4 Å². The first-order valence-corrected chi connectivity index (χ1v) is 6.38. The molecule has 0 saturated carbocycles. The first-order chi connectivity index (χ1) is 10.7. The predicted octanol–water partition coefficient (Wildman–Crippen LogP) is 2.76. The molecule has 0 spiro atoms. The van der Waals surface area contributed by atoms with Gasteiger partial charge in [0.1, 0.15) is 0 Å². The van der Waals surface area contributed by atoms with E-state index in [-0.39, 0.29) is 11.4 Å². The molecule has 1 amide bonds. The standard InChI is InChI=1S/C16H9N3O3/c17-8-10-5-6-13-14(7-10)22-19-15(13)18-16(21)12-4-2-1-3-11(12)9-20/h1-7,9H,(H,18,19,21). The van der Waals surface area contributed by atoms with Gasteiger partial charge in [-0.15, -0.1) is 0 Å². The number of anilines is 1. The summed E-state index contributed by atoms with van der Waals surface area (Å²) in [6.07, 6.45) is 0.620. The van der Waals surface area contributed by atoms with Crippen LogP contribution in [0.3, 0.4) is 0 Å². The minimum Gasteiger partial charge on any atom is -0.354 e. The summed E-state index contributed by atoms with van der Waals surface area (Å²) in [5, 5.41) is 15.8. The van der Waals surface area contributed by atoms with Gasteiger partial charge in [-0.3, -0.25) is 9.59 Å². The van der Waals surface area contributed by atoms with Gasteiger partial charge >= 0.3 is 0 Å². The molecule has 1 N–H and O–H groups in total. The average Bonchev–Trinajstić information content (AvgIpc) is 2.96. The van der Waals surface area contributed by atoms with Gasteiger partial charge in [-0.25, -0.2) is 0 Å². The molecule has 0 atom stereocenters. The van der Waals surface area contributed by atoms with Crippen LogP contribution in [0.25, 0.3) is 11.0 Å². The minimum atomic E-state index is -0.456. The Morgan fingerprint density at radius 3 is 2.86 bits per heavy atom. The number of hydrogen-bond acceptors (Lipinski definition) is 5. The van der Waals surface area contributed by atoms with Gasteiger partial charge in [0.25, 0.3) is 5.91 Å². The van der Waals surface area contributed by atoms with E-state index in [1.165, 1.54) is 6.07 Å². The van der Waals surface area contributed by atoms with Crippen molar-refractivity contribution >= 4 is 29.0 Å². The van der Waals surface area contributed by atoms with Crippen LogP contribution in [0.2, 0.25) is 0 Å². The zero-order valence-electron chi connectivity index (χ0n) is 11.2. The van der Waals surface area contributed by atoms with Gasteiger partial charge < -0.3 is 9.84 Å². The number of nitriles is 1. The third kappa shape index (κ3) is 2.31. The lowest BCUT2D eigenvalue weighted by atomic mass is 10.1. The summed E-state index contributed by atoms with van der Waals surface area (Å²) in [7, 11) is 0. The monoisotopic (exact) mass is 291 g/mol. The number of fused-ring (bicyclic) bond motifs is 1. The Morgan fingerprint density at radius 1 is 1.27 bits per heavy atom. The molecule has 106 valence electrons. The van der Waals surface area contributed by atoms with Crippen LogP contribution in [0, 0.1) is 11.3 Å². The van der Waals surface area contributed by atoms with Crippen LogP contribution in [0.5, 0.6) is 0 Å². The van der Waals surface area contributed by atoms with E-state index in [1.54, 1.807) is 36.4 Å². The quantitative estimate of drug-likeness (QED) is 0.748. The minimum absolute atomic E-state index is 0.241. The third-order valence-electron chi connectivity index (χ3n) is 3.17. The van der Waals surface area contributed by atoms with E-state index in [9.17, 15) is 9.59 Å². The number of carbonyl (C=O) groups is 2. The molecule has 0 aliphatic heterocycles. The second-order valence-electron chi connectivity index (χ2n) is 4.51. The van der Waals surface area contributed by atoms with Crippen LogP contribution in [0.4, 0.5) is 5.82 Å². The summed E-state index contributed by atoms with van der Waals surface area (Å²) in [6, 6.07) is 13.2. The van der Waals surface area contributed by atoms with Crippen LogP contribution < -0.4 is 5.32 Å². The van der Waals surface area contributed by atoms with Crippen LogP contribution in [0.1, 0.15) is 26.3 Å². The molecule has 3 aromatic rings. The van der Waals surface area contributed by atoms with E-state index in [4.69, 9.17) is 9.78 Å². The molecule has 0 bridgehead atoms. The van der Waals surface area contributed by atoms with Crippen molar-refractivity contribution in [3.8, 4) is 6.07 Å². The van der Waals surface area contributed by atoms with Crippen molar-refractivity contribution < 1.29 is 14.1 Å². The molecule has 1 heterocycles. The Morgan fingerprint density at radius 2 is 2.09 bits per heavy atom. The Kier molecular flexibility index (Phi) is 3.38. The van der Waals surface area contributed by atoms with Crippen LogP contribution in [-0.2, 0) is 0 Å². The van der Waals surface area contributed by atoms with Gasteiger partial charge in [-0.1, -0.05) is 23.4 Å². The lowest BCUT2D eigenvalue weighted by molar-refractivity contribution is 0.101. The first kappa shape index (κ1) is 13.5. The SMILES string of the molecule is N#Cc1ccc2c(NC(=O)c3ccccc3C=O)noc2c1. The molecule has 0 aliphatic rings. The molecule has 3 rings (SSSR count). The van der Waals surface area contributed by atoms with E-state index in [2.05, 4.69) is 10.5 Å². The molecule has 0 fully saturated rings. The van der Waals surface area contributed by atoms with Crippen molar-refractivity contribution in [1.29, 1.82) is 5.26 Å². The fourth-order valence-corrected chi connectivity index (χ4v) is 2.08. The van der Waals surface area contributed by atoms with Gasteiger partial charge in [-0.05, 0) is 18.2 Å². The highest BCUT2D eigenvalue weighted by molar-refractivity contribution is 6.10. The first-order valence-electron chi connectivity index (χ1n) is 6.38. The Labute approximate surface area is 124 Å². The lowest BCUT2D eigenvalue weighted by Crippen LogP contribution is -2.14. The predicted molar refractivity (Wildman–Crippen MR) is 78.5 cm³/mol. The van der Waals surface area contributed by atoms with Crippen molar-refractivity contribution in [3.05, 3.63) is 59.2 Å². The number of amides is 1. The molecule has 0 unspecified atom stereocenters. The summed E-state index contributed by atoms with van der Waals surface area (Å²) in [5.41, 5.74) is 1.38. The second-order valence-corrected chi connectivity index (χ2v) is 4.51. The zero-order valence-corrected chi connectivity index (χ0v) is 11.2. The average molecular weight is 291 g/mol. The number of hydrogen-bond donors (Lipinski definition) is 1. The summed E-state index contributed by atoms with van der Waals surface area (Å²) < 4.78 is 5.10. The van der Waals surface area contributed by atoms with Gasteiger partial charge in [0, 0.05) is 11.6 Å². The maximum Gasteiger partial charge on any atom is 0.257 e. The maximum atomic E-state index is 12.3. The molecule has 0 saturated heterocycles. The highest BCUT2D eigenvalue weighted by Gasteiger charge is 2.15. The fourth-order valence-electron chi connectivity index (χ4n) is 2.08. The topological polar surface area (TPSA) is 96.0 Å². The van der Waals surface area contributed by atoms with Crippen LogP contribution in [0.15, 0.2) is 47.0 Å². The van der Waals surface area contributed by atoms with Crippen LogP contribution >= 0.6 is 0 Å². The van der Waals surface area contributed by atoms with Crippen LogP contribution in [-0.4, -0.2) is 17.4 Å². The summed E-state index contributed by atoms with van der Waals surface area (Å²) in [5.74, 6) is -0.215. The van der Waals surface area contributed by atoms with Gasteiger partial charge in [0.15, 0.2) is 17.7 Å². The van der Waals surface area contributed by atoms with Crippen molar-refractivity contribution in [3.63, 3.8) is 0 Å². The molecule has 22 heavy (non-hydrogen) atoms. The molecular weight excluding hydrogens is 282 g/mol. The molecule has 0 radical (unpaired) electrons. The molecular formula is C16H9N3O3. The summed E-state index contributed by atoms with van der Waals surface area (Å²) >= 11 is 0. The largest absolute Gasteiger partial charge is 0.354 e. The number of aldehydes is 1. The smallest absolute Gasteiger partial charge is 0.257 e. The number of rotatable bonds is 3. The van der Waals surface area contributed by atoms with Crippen molar-refractivity contribution in [2.24, 2.45) is 0 Å². The lowest BCUT2D eigenvalue weighted by Gasteiger charge is -2.04. The van der Waals surface area contributed by atoms with Crippen molar-refractivity contribution in [2.75, 3.05) is 5.32 Å². The number of aromatic nitrogens is 1. The van der Waals surface area contributed by atoms with E-state index >= 15 is 0 Å². The van der Waals surface area contributed by atoms with Gasteiger partial charge in [0.05, 0.1) is 22.6 Å². The van der Waals surface area contributed by atoms with Crippen molar-refractivity contribution in [1.82, 2.24) is 5.16 Å². The summed E-state index contributed by atoms with van der Waals surface area (Å²) in [6.45, 7) is 0. The maximum absolute atomic E-state index is 12.3. The number of nitrogens with zero attached hydrogens (tertiary/aromatic N) is 2. The summed E-state index contributed by atoms with van der Waals surface area (Å²) in [4.78, 5) is 23.2. The molecule has 2 aromatic carbocycles. The Bertz CT molecular complexity index is 922. The Balaban J connectivity index is 1.95. The number of benzene rings is 2. The van der Waals surface area contributed by atoms with Gasteiger partial charge in [0.2, 0.25) is 0 Å². The highest BCUT2D eigenvalue weighted by atomic mass is 16.5. The number of carbonyl (C=O) groups excluding carboxylic acids is 2. The van der Waals surface area contributed by atoms with Gasteiger partial charge in [-0.2, -0.15) is 5.26 Å². The molecule has 1 aromatic heterocycles. The van der Waals surface area contributed by atoms with Crippen molar-refractivity contribution in [2.45, 2.75) is 0 Å². The zero-order chi connectivity index (χ0) is 15.5. The fraction of sp³-hybridized carbons (Fsp3) is 0. The van der Waals surface area contributed by atoms with E-state index in [0.717, 1.165) is 0 Å². The van der Waals surface area contributed by atoms with E-state index in [1.807, 2.05) is 6.07 Å². The third-order valence-corrected chi connectivity index (χ3v) is 3.17. The molecule has 0 aliphatic carbocycles. The molecule has 6 nitrogen and oxygen atoms in total.